The summed E-state index contributed by atoms with van der Waals surface area (Å²) in [5.74, 6) is 3.70. The Morgan fingerprint density at radius 2 is 1.76 bits per heavy atom. The van der Waals surface area contributed by atoms with E-state index in [0.29, 0.717) is 28.7 Å². The molecule has 9 atom stereocenters. The van der Waals surface area contributed by atoms with E-state index in [4.69, 9.17) is 4.74 Å². The first-order valence-corrected chi connectivity index (χ1v) is 15.3. The van der Waals surface area contributed by atoms with Crippen molar-refractivity contribution in [1.29, 1.82) is 0 Å². The number of rotatable bonds is 7. The highest BCUT2D eigenvalue weighted by Gasteiger charge is 2.61. The molecule has 1 unspecified atom stereocenters. The number of carbonyl (C=O) groups is 1. The molecular formula is C34H50O3. The normalized spacial score (nSPS) is 39.8. The predicted octanol–water partition coefficient (Wildman–Crippen LogP) is 8.22. The molecule has 3 nitrogen and oxygen atoms in total. The average Bonchev–Trinajstić information content (AvgIpc) is 3.22. The maximum Gasteiger partial charge on any atom is 0.338 e. The van der Waals surface area contributed by atoms with Crippen molar-refractivity contribution in [2.75, 3.05) is 0 Å². The molecule has 0 heterocycles. The number of hydrogen-bond donors (Lipinski definition) is 1. The van der Waals surface area contributed by atoms with Gasteiger partial charge in [-0.2, -0.15) is 0 Å². The van der Waals surface area contributed by atoms with Gasteiger partial charge in [0.05, 0.1) is 11.7 Å². The number of benzene rings is 1. The summed E-state index contributed by atoms with van der Waals surface area (Å²) in [4.78, 5) is 12.7. The van der Waals surface area contributed by atoms with E-state index in [9.17, 15) is 9.90 Å². The van der Waals surface area contributed by atoms with Crippen molar-refractivity contribution >= 4 is 5.97 Å². The van der Waals surface area contributed by atoms with E-state index in [0.717, 1.165) is 37.0 Å². The fraction of sp³-hybridized carbons (Fsp3) is 0.735. The highest BCUT2D eigenvalue weighted by molar-refractivity contribution is 5.89. The van der Waals surface area contributed by atoms with Gasteiger partial charge in [0.25, 0.3) is 0 Å². The number of ether oxygens (including phenoxy) is 1. The molecule has 0 aromatic heterocycles. The lowest BCUT2D eigenvalue weighted by Gasteiger charge is -2.59. The zero-order valence-electron chi connectivity index (χ0n) is 23.9. The molecule has 0 radical (unpaired) electrons. The van der Waals surface area contributed by atoms with Crippen LogP contribution in [-0.4, -0.2) is 23.3 Å². The summed E-state index contributed by atoms with van der Waals surface area (Å²) in [7, 11) is 0. The Kier molecular flexibility index (Phi) is 7.66. The molecule has 1 aromatic carbocycles. The van der Waals surface area contributed by atoms with Crippen LogP contribution in [0.25, 0.3) is 0 Å². The van der Waals surface area contributed by atoms with Crippen LogP contribution in [0.15, 0.2) is 42.0 Å². The van der Waals surface area contributed by atoms with Crippen molar-refractivity contribution < 1.29 is 14.6 Å². The maximum atomic E-state index is 12.7. The van der Waals surface area contributed by atoms with E-state index >= 15 is 0 Å². The van der Waals surface area contributed by atoms with Gasteiger partial charge in [0.2, 0.25) is 0 Å². The van der Waals surface area contributed by atoms with E-state index < -0.39 is 0 Å². The van der Waals surface area contributed by atoms with Crippen LogP contribution in [0.3, 0.4) is 0 Å². The number of carbonyl (C=O) groups excluding carboxylic acids is 1. The molecule has 0 spiro atoms. The van der Waals surface area contributed by atoms with E-state index in [2.05, 4.69) is 40.7 Å². The smallest absolute Gasteiger partial charge is 0.338 e. The molecule has 3 fully saturated rings. The third-order valence-electron chi connectivity index (χ3n) is 11.6. The van der Waals surface area contributed by atoms with Crippen molar-refractivity contribution in [3.05, 3.63) is 47.5 Å². The minimum absolute atomic E-state index is 0.0906. The third kappa shape index (κ3) is 4.95. The number of esters is 1. The van der Waals surface area contributed by atoms with Gasteiger partial charge in [-0.25, -0.2) is 4.79 Å². The predicted molar refractivity (Wildman–Crippen MR) is 150 cm³/mol. The molecule has 5 rings (SSSR count). The molecule has 1 aromatic rings. The summed E-state index contributed by atoms with van der Waals surface area (Å²) in [6, 6.07) is 9.32. The maximum absolute atomic E-state index is 12.7. The lowest BCUT2D eigenvalue weighted by Crippen LogP contribution is -2.55. The van der Waals surface area contributed by atoms with Crippen LogP contribution in [0.1, 0.15) is 109 Å². The Morgan fingerprint density at radius 3 is 2.49 bits per heavy atom. The quantitative estimate of drug-likeness (QED) is 0.299. The zero-order chi connectivity index (χ0) is 26.4. The van der Waals surface area contributed by atoms with Crippen molar-refractivity contribution in [3.63, 3.8) is 0 Å². The van der Waals surface area contributed by atoms with E-state index in [1.807, 2.05) is 30.3 Å². The molecule has 37 heavy (non-hydrogen) atoms. The molecular weight excluding hydrogens is 456 g/mol. The van der Waals surface area contributed by atoms with Crippen LogP contribution in [0.4, 0.5) is 0 Å². The topological polar surface area (TPSA) is 46.5 Å². The van der Waals surface area contributed by atoms with Crippen molar-refractivity contribution in [2.24, 2.45) is 46.3 Å². The van der Waals surface area contributed by atoms with Gasteiger partial charge >= 0.3 is 5.97 Å². The van der Waals surface area contributed by atoms with Crippen LogP contribution in [0.2, 0.25) is 0 Å². The Bertz CT molecular complexity index is 982. The molecule has 0 saturated heterocycles. The molecule has 3 heteroatoms. The fourth-order valence-corrected chi connectivity index (χ4v) is 9.53. The second-order valence-corrected chi connectivity index (χ2v) is 14.1. The van der Waals surface area contributed by atoms with Gasteiger partial charge in [0.1, 0.15) is 6.10 Å². The summed E-state index contributed by atoms with van der Waals surface area (Å²) >= 11 is 0. The highest BCUT2D eigenvalue weighted by atomic mass is 16.5. The minimum Gasteiger partial charge on any atom is -0.458 e. The van der Waals surface area contributed by atoms with Crippen LogP contribution in [0.5, 0.6) is 0 Å². The molecule has 204 valence electrons. The second kappa shape index (κ2) is 10.5. The number of aliphatic hydroxyl groups excluding tert-OH is 1. The van der Waals surface area contributed by atoms with Crippen molar-refractivity contribution in [2.45, 2.75) is 111 Å². The molecule has 4 aliphatic rings. The van der Waals surface area contributed by atoms with Crippen LogP contribution in [0, 0.1) is 46.3 Å². The second-order valence-electron chi connectivity index (χ2n) is 14.1. The van der Waals surface area contributed by atoms with Crippen LogP contribution >= 0.6 is 0 Å². The van der Waals surface area contributed by atoms with Gasteiger partial charge in [-0.1, -0.05) is 83.7 Å². The first-order valence-electron chi connectivity index (χ1n) is 15.3. The highest BCUT2D eigenvalue weighted by Crippen LogP contribution is 2.67. The lowest BCUT2D eigenvalue weighted by atomic mass is 9.46. The van der Waals surface area contributed by atoms with Crippen LogP contribution in [-0.2, 0) is 4.74 Å². The van der Waals surface area contributed by atoms with Gasteiger partial charge in [-0.05, 0) is 97.0 Å². The number of aliphatic hydroxyl groups is 1. The van der Waals surface area contributed by atoms with Crippen molar-refractivity contribution in [1.82, 2.24) is 0 Å². The van der Waals surface area contributed by atoms with Gasteiger partial charge in [0.15, 0.2) is 0 Å². The molecule has 3 saturated carbocycles. The molecule has 1 N–H and O–H groups in total. The zero-order valence-corrected chi connectivity index (χ0v) is 23.9. The standard InChI is InChI=1S/C34H50O3/c1-22(2)10-9-11-23(3)27-14-15-28-31-29(17-19-34(27,28)5)33(4)18-16-26(20-25(33)21-30(31)35)37-32(36)24-12-7-6-8-13-24/h6-8,12-13,21-23,26-31,35H,9-11,14-20H2,1-5H3/t23-,26-,27?,28-,29-,30+,31-,33-,34+/m1/s1. The SMILES string of the molecule is CC(C)CCC[C@@H](C)C1CC[C@@H]2[C@@H]3[C@@H](CC[C@@]12C)[C@]1(C)CC[C@@H](OC(=O)c2ccccc2)CC1=C[C@@H]3O. The average molecular weight is 507 g/mol. The Balaban J connectivity index is 1.29. The molecule has 0 amide bonds. The van der Waals surface area contributed by atoms with Crippen molar-refractivity contribution in [3.8, 4) is 0 Å². The van der Waals surface area contributed by atoms with E-state index in [1.54, 1.807) is 0 Å². The summed E-state index contributed by atoms with van der Waals surface area (Å²) in [5.41, 5.74) is 2.46. The summed E-state index contributed by atoms with van der Waals surface area (Å²) in [6.45, 7) is 12.2. The minimum atomic E-state index is -0.365. The first-order chi connectivity index (χ1) is 17.6. The van der Waals surface area contributed by atoms with Gasteiger partial charge in [-0.3, -0.25) is 0 Å². The van der Waals surface area contributed by atoms with Gasteiger partial charge < -0.3 is 9.84 Å². The molecule has 0 bridgehead atoms. The summed E-state index contributed by atoms with van der Waals surface area (Å²) in [6.07, 6.45) is 13.7. The summed E-state index contributed by atoms with van der Waals surface area (Å²) < 4.78 is 5.95. The largest absolute Gasteiger partial charge is 0.458 e. The monoisotopic (exact) mass is 506 g/mol. The van der Waals surface area contributed by atoms with Gasteiger partial charge in [-0.15, -0.1) is 0 Å². The lowest BCUT2D eigenvalue weighted by molar-refractivity contribution is -0.0978. The molecule has 4 aliphatic carbocycles. The van der Waals surface area contributed by atoms with E-state index in [1.165, 1.54) is 50.5 Å². The third-order valence-corrected chi connectivity index (χ3v) is 11.6. The summed E-state index contributed by atoms with van der Waals surface area (Å²) in [5, 5.41) is 11.6. The fourth-order valence-electron chi connectivity index (χ4n) is 9.53. The van der Waals surface area contributed by atoms with Gasteiger partial charge in [0, 0.05) is 6.42 Å². The Labute approximate surface area is 225 Å². The number of hydrogen-bond acceptors (Lipinski definition) is 3. The first kappa shape index (κ1) is 27.0. The van der Waals surface area contributed by atoms with E-state index in [-0.39, 0.29) is 23.6 Å². The molecule has 0 aliphatic heterocycles. The van der Waals surface area contributed by atoms with Crippen LogP contribution < -0.4 is 0 Å². The Hall–Kier alpha value is -1.61. The Morgan fingerprint density at radius 1 is 1.00 bits per heavy atom. The number of fused-ring (bicyclic) bond motifs is 5.